The van der Waals surface area contributed by atoms with Gasteiger partial charge in [-0.15, -0.1) is 0 Å². The molecular weight excluding hydrogens is 319 g/mol. The first kappa shape index (κ1) is 17.7. The van der Waals surface area contributed by atoms with Gasteiger partial charge >= 0.3 is 0 Å². The number of halogens is 1. The van der Waals surface area contributed by atoms with E-state index in [9.17, 15) is 0 Å². The molecule has 0 fully saturated rings. The van der Waals surface area contributed by atoms with E-state index in [1.807, 2.05) is 0 Å². The topological polar surface area (TPSA) is 0 Å². The zero-order valence-electron chi connectivity index (χ0n) is 12.1. The number of hydrogen-bond donors (Lipinski definition) is 0. The maximum Gasteiger partial charge on any atom is 0.0109 e. The quantitative estimate of drug-likeness (QED) is 0.192. The molecule has 0 amide bonds. The van der Waals surface area contributed by atoms with Gasteiger partial charge in [-0.05, 0) is 12.8 Å². The lowest BCUT2D eigenvalue weighted by molar-refractivity contribution is 0.544. The van der Waals surface area contributed by atoms with Crippen molar-refractivity contribution in [1.82, 2.24) is 0 Å². The number of unbranched alkanes of at least 4 members (excludes halogenated alkanes) is 9. The summed E-state index contributed by atoms with van der Waals surface area (Å²) < 4.78 is 0.937. The third kappa shape index (κ3) is 14.7. The summed E-state index contributed by atoms with van der Waals surface area (Å²) in [4.78, 5) is 0. The summed E-state index contributed by atoms with van der Waals surface area (Å²) in [5.74, 6) is 0. The van der Waals surface area contributed by atoms with Crippen LogP contribution in [0.4, 0.5) is 0 Å². The Balaban J connectivity index is 2.98. The molecule has 1 unspecified atom stereocenters. The average Bonchev–Trinajstić information content (AvgIpc) is 2.32. The van der Waals surface area contributed by atoms with Crippen LogP contribution in [0.15, 0.2) is 0 Å². The molecule has 0 aliphatic carbocycles. The minimum atomic E-state index is 0.937. The predicted octanol–water partition coefficient (Wildman–Crippen LogP) is 6.90. The predicted molar refractivity (Wildman–Crippen MR) is 89.2 cm³/mol. The molecule has 1 heteroatoms. The Morgan fingerprint density at radius 1 is 0.588 bits per heavy atom. The van der Waals surface area contributed by atoms with Crippen LogP contribution < -0.4 is 0 Å². The molecule has 1 atom stereocenters. The monoisotopic (exact) mass is 352 g/mol. The summed E-state index contributed by atoms with van der Waals surface area (Å²) in [7, 11) is 0. The Labute approximate surface area is 123 Å². The van der Waals surface area contributed by atoms with Gasteiger partial charge < -0.3 is 0 Å². The fourth-order valence-electron chi connectivity index (χ4n) is 2.31. The van der Waals surface area contributed by atoms with Crippen LogP contribution in [0.5, 0.6) is 0 Å². The Morgan fingerprint density at radius 2 is 1.06 bits per heavy atom. The van der Waals surface area contributed by atoms with E-state index in [2.05, 4.69) is 36.4 Å². The molecule has 0 N–H and O–H groups in total. The van der Waals surface area contributed by atoms with Crippen molar-refractivity contribution in [1.29, 1.82) is 0 Å². The van der Waals surface area contributed by atoms with Gasteiger partial charge in [-0.1, -0.05) is 107 Å². The summed E-state index contributed by atoms with van der Waals surface area (Å²) in [6, 6.07) is 0. The molecule has 0 aliphatic heterocycles. The molecule has 0 spiro atoms. The van der Waals surface area contributed by atoms with Crippen LogP contribution in [-0.4, -0.2) is 3.92 Å². The van der Waals surface area contributed by atoms with Gasteiger partial charge in [0.2, 0.25) is 0 Å². The highest BCUT2D eigenvalue weighted by Crippen LogP contribution is 2.18. The highest BCUT2D eigenvalue weighted by Gasteiger charge is 2.01. The Hall–Kier alpha value is 0.730. The van der Waals surface area contributed by atoms with Gasteiger partial charge in [0.1, 0.15) is 0 Å². The maximum atomic E-state index is 2.63. The van der Waals surface area contributed by atoms with E-state index in [1.54, 1.807) is 0 Å². The van der Waals surface area contributed by atoms with Crippen molar-refractivity contribution in [3.05, 3.63) is 0 Å². The van der Waals surface area contributed by atoms with E-state index >= 15 is 0 Å². The van der Waals surface area contributed by atoms with E-state index in [1.165, 1.54) is 83.5 Å². The van der Waals surface area contributed by atoms with Gasteiger partial charge in [0, 0.05) is 3.92 Å². The molecule has 0 nitrogen and oxygen atoms in total. The third-order valence-electron chi connectivity index (χ3n) is 3.47. The Bertz CT molecular complexity index is 133. The van der Waals surface area contributed by atoms with Crippen LogP contribution in [0, 0.1) is 0 Å². The molecule has 0 saturated heterocycles. The van der Waals surface area contributed by atoms with Crippen molar-refractivity contribution >= 4 is 22.6 Å². The van der Waals surface area contributed by atoms with E-state index in [0.717, 1.165) is 3.92 Å². The van der Waals surface area contributed by atoms with Crippen LogP contribution in [0.3, 0.4) is 0 Å². The lowest BCUT2D eigenvalue weighted by Gasteiger charge is -2.07. The van der Waals surface area contributed by atoms with Crippen LogP contribution in [0.1, 0.15) is 97.3 Å². The molecular formula is C16H33I. The van der Waals surface area contributed by atoms with Crippen molar-refractivity contribution in [2.45, 2.75) is 101 Å². The van der Waals surface area contributed by atoms with Crippen molar-refractivity contribution in [3.8, 4) is 0 Å². The maximum absolute atomic E-state index is 2.63. The zero-order chi connectivity index (χ0) is 12.8. The summed E-state index contributed by atoms with van der Waals surface area (Å²) in [5, 5.41) is 0. The fraction of sp³-hybridized carbons (Fsp3) is 1.00. The zero-order valence-corrected chi connectivity index (χ0v) is 14.3. The first-order valence-corrected chi connectivity index (χ1v) is 9.19. The van der Waals surface area contributed by atoms with E-state index in [4.69, 9.17) is 0 Å². The highest BCUT2D eigenvalue weighted by atomic mass is 127. The summed E-state index contributed by atoms with van der Waals surface area (Å²) in [6.07, 6.45) is 18.8. The van der Waals surface area contributed by atoms with Gasteiger partial charge in [-0.25, -0.2) is 0 Å². The SMILES string of the molecule is CCCCCCCCCCCCC(I)CCC. The summed E-state index contributed by atoms with van der Waals surface area (Å²) in [5.41, 5.74) is 0. The molecule has 0 heterocycles. The molecule has 0 aromatic carbocycles. The molecule has 0 aromatic rings. The van der Waals surface area contributed by atoms with Crippen LogP contribution in [0.2, 0.25) is 0 Å². The molecule has 0 rings (SSSR count). The van der Waals surface area contributed by atoms with E-state index < -0.39 is 0 Å². The van der Waals surface area contributed by atoms with Gasteiger partial charge in [-0.2, -0.15) is 0 Å². The minimum Gasteiger partial charge on any atom is -0.0826 e. The minimum absolute atomic E-state index is 0.937. The van der Waals surface area contributed by atoms with Gasteiger partial charge in [-0.3, -0.25) is 0 Å². The highest BCUT2D eigenvalue weighted by molar-refractivity contribution is 14.1. The molecule has 0 bridgehead atoms. The largest absolute Gasteiger partial charge is 0.0826 e. The van der Waals surface area contributed by atoms with E-state index in [0.29, 0.717) is 0 Å². The second-order valence-corrected chi connectivity index (χ2v) is 7.12. The lowest BCUT2D eigenvalue weighted by atomic mass is 10.0. The van der Waals surface area contributed by atoms with Crippen molar-refractivity contribution in [2.75, 3.05) is 0 Å². The second kappa shape index (κ2) is 14.8. The Kier molecular flexibility index (Phi) is 15.4. The number of rotatable bonds is 13. The number of hydrogen-bond acceptors (Lipinski definition) is 0. The van der Waals surface area contributed by atoms with Crippen LogP contribution >= 0.6 is 22.6 Å². The fourth-order valence-corrected chi connectivity index (χ4v) is 3.37. The van der Waals surface area contributed by atoms with Crippen molar-refractivity contribution in [3.63, 3.8) is 0 Å². The first-order chi connectivity index (χ1) is 8.31. The summed E-state index contributed by atoms with van der Waals surface area (Å²) in [6.45, 7) is 4.59. The van der Waals surface area contributed by atoms with E-state index in [-0.39, 0.29) is 0 Å². The standard InChI is InChI=1S/C16H33I/c1-3-5-6-7-8-9-10-11-12-13-15-16(17)14-4-2/h16H,3-15H2,1-2H3. The van der Waals surface area contributed by atoms with Gasteiger partial charge in [0.25, 0.3) is 0 Å². The molecule has 0 aliphatic rings. The molecule has 0 saturated carbocycles. The molecule has 0 aromatic heterocycles. The second-order valence-electron chi connectivity index (χ2n) is 5.36. The average molecular weight is 352 g/mol. The van der Waals surface area contributed by atoms with Gasteiger partial charge in [0.15, 0.2) is 0 Å². The number of alkyl halides is 1. The first-order valence-electron chi connectivity index (χ1n) is 7.95. The summed E-state index contributed by atoms with van der Waals surface area (Å²) >= 11 is 2.63. The van der Waals surface area contributed by atoms with Crippen molar-refractivity contribution in [2.24, 2.45) is 0 Å². The van der Waals surface area contributed by atoms with Crippen LogP contribution in [0.25, 0.3) is 0 Å². The van der Waals surface area contributed by atoms with Crippen LogP contribution in [-0.2, 0) is 0 Å². The smallest absolute Gasteiger partial charge is 0.0109 e. The normalized spacial score (nSPS) is 12.9. The molecule has 0 radical (unpaired) electrons. The molecule has 17 heavy (non-hydrogen) atoms. The lowest BCUT2D eigenvalue weighted by Crippen LogP contribution is -1.96. The molecule has 104 valence electrons. The third-order valence-corrected chi connectivity index (χ3v) is 4.72. The van der Waals surface area contributed by atoms with Crippen molar-refractivity contribution < 1.29 is 0 Å². The Morgan fingerprint density at radius 3 is 1.53 bits per heavy atom. The van der Waals surface area contributed by atoms with Gasteiger partial charge in [0.05, 0.1) is 0 Å².